The van der Waals surface area contributed by atoms with Crippen molar-refractivity contribution in [1.82, 2.24) is 9.88 Å². The van der Waals surface area contributed by atoms with E-state index in [1.54, 1.807) is 38.3 Å². The number of nitrogens with zero attached hydrogens (tertiary/aromatic N) is 2. The maximum atomic E-state index is 12.4. The van der Waals surface area contributed by atoms with Gasteiger partial charge >= 0.3 is 5.97 Å². The Morgan fingerprint density at radius 3 is 2.71 bits per heavy atom. The molecule has 1 N–H and O–H groups in total. The van der Waals surface area contributed by atoms with Crippen LogP contribution in [0.15, 0.2) is 29.3 Å². The molecule has 110 valence electrons. The molecule has 0 bridgehead atoms. The molecule has 0 unspecified atom stereocenters. The van der Waals surface area contributed by atoms with Crippen molar-refractivity contribution in [3.8, 4) is 0 Å². The minimum absolute atomic E-state index is 0.237. The quantitative estimate of drug-likeness (QED) is 0.678. The van der Waals surface area contributed by atoms with E-state index in [9.17, 15) is 14.7 Å². The van der Waals surface area contributed by atoms with Gasteiger partial charge in [0.05, 0.1) is 10.6 Å². The lowest BCUT2D eigenvalue weighted by atomic mass is 10.0. The van der Waals surface area contributed by atoms with Gasteiger partial charge in [0.2, 0.25) is 0 Å². The van der Waals surface area contributed by atoms with Gasteiger partial charge in [-0.25, -0.2) is 4.79 Å². The minimum atomic E-state index is -1.06. The third-order valence-corrected chi connectivity index (χ3v) is 4.28. The average molecular weight is 322 g/mol. The molecule has 1 aromatic rings. The molecular formula is C14H14N2O3S2. The highest BCUT2D eigenvalue weighted by Gasteiger charge is 2.41. The fourth-order valence-corrected chi connectivity index (χ4v) is 3.32. The molecule has 1 fully saturated rings. The molecule has 0 saturated carbocycles. The summed E-state index contributed by atoms with van der Waals surface area (Å²) in [5.74, 6) is -1.67. The van der Waals surface area contributed by atoms with Crippen LogP contribution < -0.4 is 0 Å². The van der Waals surface area contributed by atoms with Crippen LogP contribution in [0, 0.1) is 5.92 Å². The molecule has 0 aromatic carbocycles. The normalized spacial score (nSPS) is 18.6. The van der Waals surface area contributed by atoms with Crippen molar-refractivity contribution in [1.29, 1.82) is 0 Å². The summed E-state index contributed by atoms with van der Waals surface area (Å²) < 4.78 is 0.267. The summed E-state index contributed by atoms with van der Waals surface area (Å²) >= 11 is 6.27. The van der Waals surface area contributed by atoms with Gasteiger partial charge in [-0.15, -0.1) is 0 Å². The minimum Gasteiger partial charge on any atom is -0.480 e. The van der Waals surface area contributed by atoms with Gasteiger partial charge in [0.25, 0.3) is 5.91 Å². The molecule has 0 spiro atoms. The van der Waals surface area contributed by atoms with Crippen LogP contribution in [0.2, 0.25) is 0 Å². The second kappa shape index (κ2) is 6.36. The second-order valence-corrected chi connectivity index (χ2v) is 6.51. The molecule has 1 saturated heterocycles. The van der Waals surface area contributed by atoms with Gasteiger partial charge in [-0.2, -0.15) is 0 Å². The fourth-order valence-electron chi connectivity index (χ4n) is 2.01. The largest absolute Gasteiger partial charge is 0.480 e. The lowest BCUT2D eigenvalue weighted by Gasteiger charge is -2.26. The molecule has 0 aliphatic carbocycles. The Hall–Kier alpha value is -1.73. The summed E-state index contributed by atoms with van der Waals surface area (Å²) in [6.45, 7) is 3.50. The van der Waals surface area contributed by atoms with Crippen LogP contribution in [-0.2, 0) is 9.59 Å². The first-order valence-electron chi connectivity index (χ1n) is 6.32. The van der Waals surface area contributed by atoms with Gasteiger partial charge in [0.15, 0.2) is 0 Å². The topological polar surface area (TPSA) is 70.5 Å². The maximum absolute atomic E-state index is 12.4. The zero-order valence-electron chi connectivity index (χ0n) is 11.5. The number of thiocarbonyl (C=S) groups is 1. The number of carbonyl (C=O) groups is 2. The van der Waals surface area contributed by atoms with Crippen LogP contribution in [0.4, 0.5) is 0 Å². The van der Waals surface area contributed by atoms with Gasteiger partial charge < -0.3 is 5.11 Å². The van der Waals surface area contributed by atoms with Crippen molar-refractivity contribution in [2.75, 3.05) is 0 Å². The SMILES string of the molecule is CC(C)[C@@H](C(=O)O)N1C(=O)/C(=C\c2ccccn2)SC1=S. The number of carboxylic acid groups (broad SMARTS) is 1. The molecule has 2 heterocycles. The summed E-state index contributed by atoms with van der Waals surface area (Å²) in [5, 5.41) is 9.32. The Morgan fingerprint density at radius 2 is 2.19 bits per heavy atom. The van der Waals surface area contributed by atoms with Crippen LogP contribution in [0.5, 0.6) is 0 Å². The zero-order valence-corrected chi connectivity index (χ0v) is 13.1. The van der Waals surface area contributed by atoms with Crippen molar-refractivity contribution < 1.29 is 14.7 Å². The van der Waals surface area contributed by atoms with Gasteiger partial charge in [0.1, 0.15) is 10.4 Å². The number of aromatic nitrogens is 1. The second-order valence-electron chi connectivity index (χ2n) is 4.83. The third-order valence-electron chi connectivity index (χ3n) is 2.95. The number of thioether (sulfide) groups is 1. The highest BCUT2D eigenvalue weighted by Crippen LogP contribution is 2.35. The van der Waals surface area contributed by atoms with E-state index in [1.165, 1.54) is 4.90 Å². The number of amides is 1. The number of carbonyl (C=O) groups excluding carboxylic acids is 1. The molecule has 2 rings (SSSR count). The highest BCUT2D eigenvalue weighted by molar-refractivity contribution is 8.26. The third kappa shape index (κ3) is 3.30. The molecule has 1 atom stereocenters. The van der Waals surface area contributed by atoms with Crippen molar-refractivity contribution in [2.24, 2.45) is 5.92 Å². The predicted molar refractivity (Wildman–Crippen MR) is 85.5 cm³/mol. The Balaban J connectivity index is 2.32. The molecule has 1 aliphatic rings. The predicted octanol–water partition coefficient (Wildman–Crippen LogP) is 2.39. The van der Waals surface area contributed by atoms with Crippen LogP contribution >= 0.6 is 24.0 Å². The Kier molecular flexibility index (Phi) is 4.74. The summed E-state index contributed by atoms with van der Waals surface area (Å²) in [7, 11) is 0. The first-order chi connectivity index (χ1) is 9.91. The standard InChI is InChI=1S/C14H14N2O3S2/c1-8(2)11(13(18)19)16-12(17)10(21-14(16)20)7-9-5-3-4-6-15-9/h3-8,11H,1-2H3,(H,18,19)/b10-7+/t11-/m0/s1. The Bertz CT molecular complexity index is 614. The first-order valence-corrected chi connectivity index (χ1v) is 7.55. The van der Waals surface area contributed by atoms with E-state index in [-0.39, 0.29) is 16.1 Å². The van der Waals surface area contributed by atoms with E-state index in [4.69, 9.17) is 12.2 Å². The van der Waals surface area contributed by atoms with Gasteiger partial charge in [-0.1, -0.05) is 43.9 Å². The Morgan fingerprint density at radius 1 is 1.48 bits per heavy atom. The number of rotatable bonds is 4. The van der Waals surface area contributed by atoms with Crippen molar-refractivity contribution in [2.45, 2.75) is 19.9 Å². The van der Waals surface area contributed by atoms with Crippen molar-refractivity contribution >= 4 is 46.3 Å². The summed E-state index contributed by atoms with van der Waals surface area (Å²) in [4.78, 5) is 29.5. The lowest BCUT2D eigenvalue weighted by Crippen LogP contribution is -2.47. The van der Waals surface area contributed by atoms with E-state index in [0.717, 1.165) is 11.8 Å². The molecule has 5 nitrogen and oxygen atoms in total. The number of hydrogen-bond acceptors (Lipinski definition) is 5. The van der Waals surface area contributed by atoms with Crippen molar-refractivity contribution in [3.63, 3.8) is 0 Å². The van der Waals surface area contributed by atoms with Gasteiger partial charge in [-0.3, -0.25) is 14.7 Å². The van der Waals surface area contributed by atoms with E-state index >= 15 is 0 Å². The smallest absolute Gasteiger partial charge is 0.327 e. The molecule has 21 heavy (non-hydrogen) atoms. The molecule has 1 aromatic heterocycles. The molecule has 1 amide bonds. The van der Waals surface area contributed by atoms with E-state index in [0.29, 0.717) is 10.6 Å². The van der Waals surface area contributed by atoms with E-state index < -0.39 is 12.0 Å². The molecule has 0 radical (unpaired) electrons. The maximum Gasteiger partial charge on any atom is 0.327 e. The van der Waals surface area contributed by atoms with E-state index in [2.05, 4.69) is 4.98 Å². The van der Waals surface area contributed by atoms with Crippen LogP contribution in [0.25, 0.3) is 6.08 Å². The number of hydrogen-bond donors (Lipinski definition) is 1. The molecular weight excluding hydrogens is 308 g/mol. The molecule has 1 aliphatic heterocycles. The molecule has 7 heteroatoms. The fraction of sp³-hybridized carbons (Fsp3) is 0.286. The van der Waals surface area contributed by atoms with Crippen molar-refractivity contribution in [3.05, 3.63) is 35.0 Å². The van der Waals surface area contributed by atoms with E-state index in [1.807, 2.05) is 6.07 Å². The first kappa shape index (κ1) is 15.7. The van der Waals surface area contributed by atoms with Crippen LogP contribution in [-0.4, -0.2) is 37.2 Å². The number of aliphatic carboxylic acids is 1. The summed E-state index contributed by atoms with van der Waals surface area (Å²) in [6, 6.07) is 4.41. The van der Waals surface area contributed by atoms with Gasteiger partial charge in [0, 0.05) is 6.20 Å². The lowest BCUT2D eigenvalue weighted by molar-refractivity contribution is -0.146. The van der Waals surface area contributed by atoms with Gasteiger partial charge in [-0.05, 0) is 24.1 Å². The van der Waals surface area contributed by atoms with Crippen LogP contribution in [0.3, 0.4) is 0 Å². The zero-order chi connectivity index (χ0) is 15.6. The van der Waals surface area contributed by atoms with Crippen LogP contribution in [0.1, 0.15) is 19.5 Å². The number of pyridine rings is 1. The number of carboxylic acids is 1. The summed E-state index contributed by atoms with van der Waals surface area (Å²) in [6.07, 6.45) is 3.25. The monoisotopic (exact) mass is 322 g/mol. The highest BCUT2D eigenvalue weighted by atomic mass is 32.2. The average Bonchev–Trinajstić information content (AvgIpc) is 2.67. The Labute approximate surface area is 132 Å². The summed E-state index contributed by atoms with van der Waals surface area (Å²) in [5.41, 5.74) is 0.634.